The molecule has 1 aromatic heterocycles. The fourth-order valence-corrected chi connectivity index (χ4v) is 6.74. The maximum Gasteiger partial charge on any atom is 0.416 e. The molecular weight excluding hydrogens is 459 g/mol. The van der Waals surface area contributed by atoms with E-state index in [9.17, 15) is 18.0 Å². The van der Waals surface area contributed by atoms with Crippen molar-refractivity contribution >= 4 is 33.0 Å². The van der Waals surface area contributed by atoms with Crippen molar-refractivity contribution in [2.75, 3.05) is 37.6 Å². The summed E-state index contributed by atoms with van der Waals surface area (Å²) in [4.78, 5) is 17.4. The summed E-state index contributed by atoms with van der Waals surface area (Å²) in [5.74, 6) is 1.73. The normalized spacial score (nSPS) is 28.3. The quantitative estimate of drug-likeness (QED) is 0.556. The number of fused-ring (bicyclic) bond motifs is 1. The lowest BCUT2D eigenvalue weighted by Gasteiger charge is -2.36. The van der Waals surface area contributed by atoms with Crippen molar-refractivity contribution in [2.24, 2.45) is 17.8 Å². The topological polar surface area (TPSA) is 35.6 Å². The molecule has 1 amide bonds. The van der Waals surface area contributed by atoms with Crippen LogP contribution in [0, 0.1) is 17.8 Å². The standard InChI is InChI=1S/C26H34F3N3OS/c1-2-17-3-6-20(7-4-17)30-25(33)22-13-18(22)15-31-9-11-32(12-10-31)23-16-34-24-14-19(26(27,28)29)5-8-21(23)24/h5,8,14,16-18,20,22H,2-4,6-7,9-13,15H2,1H3,(H,30,33). The van der Waals surface area contributed by atoms with E-state index >= 15 is 0 Å². The van der Waals surface area contributed by atoms with Gasteiger partial charge in [0.05, 0.1) is 11.3 Å². The smallest absolute Gasteiger partial charge is 0.368 e. The molecule has 1 aromatic carbocycles. The van der Waals surface area contributed by atoms with Crippen LogP contribution in [0.25, 0.3) is 10.1 Å². The van der Waals surface area contributed by atoms with Crippen LogP contribution in [0.3, 0.4) is 0 Å². The molecule has 5 rings (SSSR count). The summed E-state index contributed by atoms with van der Waals surface area (Å²) in [6, 6.07) is 4.42. The summed E-state index contributed by atoms with van der Waals surface area (Å²) >= 11 is 1.38. The molecule has 34 heavy (non-hydrogen) atoms. The van der Waals surface area contributed by atoms with Crippen LogP contribution < -0.4 is 10.2 Å². The minimum atomic E-state index is -4.31. The average molecular weight is 494 g/mol. The zero-order valence-corrected chi connectivity index (χ0v) is 20.6. The lowest BCUT2D eigenvalue weighted by atomic mass is 9.84. The molecule has 0 spiro atoms. The molecule has 2 aliphatic carbocycles. The number of alkyl halides is 3. The third kappa shape index (κ3) is 5.23. The maximum absolute atomic E-state index is 13.0. The Kier molecular flexibility index (Phi) is 6.81. The number of halogens is 3. The first-order valence-electron chi connectivity index (χ1n) is 12.7. The van der Waals surface area contributed by atoms with Crippen molar-refractivity contribution in [2.45, 2.75) is 57.7 Å². The summed E-state index contributed by atoms with van der Waals surface area (Å²) < 4.78 is 39.7. The summed E-state index contributed by atoms with van der Waals surface area (Å²) in [5.41, 5.74) is 0.449. The van der Waals surface area contributed by atoms with Crippen molar-refractivity contribution in [1.82, 2.24) is 10.2 Å². The molecule has 2 atom stereocenters. The van der Waals surface area contributed by atoms with Crippen LogP contribution >= 0.6 is 11.3 Å². The van der Waals surface area contributed by atoms with Crippen molar-refractivity contribution < 1.29 is 18.0 Å². The molecule has 186 valence electrons. The lowest BCUT2D eigenvalue weighted by Crippen LogP contribution is -2.47. The van der Waals surface area contributed by atoms with Gasteiger partial charge in [-0.05, 0) is 56.1 Å². The Hall–Kier alpha value is -1.80. The van der Waals surface area contributed by atoms with Crippen LogP contribution in [0.2, 0.25) is 0 Å². The highest BCUT2D eigenvalue weighted by molar-refractivity contribution is 7.17. The van der Waals surface area contributed by atoms with Crippen LogP contribution in [0.4, 0.5) is 18.9 Å². The zero-order valence-electron chi connectivity index (χ0n) is 19.7. The third-order valence-corrected chi connectivity index (χ3v) is 9.05. The Bertz CT molecular complexity index is 1010. The van der Waals surface area contributed by atoms with Gasteiger partial charge in [0.2, 0.25) is 5.91 Å². The van der Waals surface area contributed by atoms with Gasteiger partial charge < -0.3 is 10.2 Å². The number of amides is 1. The molecule has 0 radical (unpaired) electrons. The average Bonchev–Trinajstić information content (AvgIpc) is 3.47. The molecule has 2 saturated carbocycles. The van der Waals surface area contributed by atoms with Crippen molar-refractivity contribution in [3.8, 4) is 0 Å². The molecule has 0 bridgehead atoms. The van der Waals surface area contributed by atoms with E-state index in [2.05, 4.69) is 22.0 Å². The molecule has 3 aliphatic rings. The number of hydrogen-bond donors (Lipinski definition) is 1. The molecule has 3 fully saturated rings. The number of carbonyl (C=O) groups is 1. The summed E-state index contributed by atoms with van der Waals surface area (Å²) in [5, 5.41) is 6.20. The van der Waals surface area contributed by atoms with Gasteiger partial charge in [-0.25, -0.2) is 0 Å². The van der Waals surface area contributed by atoms with Gasteiger partial charge in [-0.3, -0.25) is 9.69 Å². The first-order valence-corrected chi connectivity index (χ1v) is 13.6. The van der Waals surface area contributed by atoms with Crippen molar-refractivity contribution in [3.05, 3.63) is 29.1 Å². The van der Waals surface area contributed by atoms with Gasteiger partial charge in [0.1, 0.15) is 0 Å². The number of carbonyl (C=O) groups excluding carboxylic acids is 1. The predicted octanol–water partition coefficient (Wildman–Crippen LogP) is 5.76. The van der Waals surface area contributed by atoms with Gasteiger partial charge in [-0.15, -0.1) is 11.3 Å². The summed E-state index contributed by atoms with van der Waals surface area (Å²) in [6.45, 7) is 6.78. The van der Waals surface area contributed by atoms with Crippen molar-refractivity contribution in [1.29, 1.82) is 0 Å². The van der Waals surface area contributed by atoms with E-state index in [0.29, 0.717) is 16.7 Å². The second kappa shape index (κ2) is 9.69. The SMILES string of the molecule is CCC1CCC(NC(=O)C2CC2CN2CCN(c3csc4cc(C(F)(F)F)ccc34)CC2)CC1. The Labute approximate surface area is 203 Å². The molecule has 2 heterocycles. The fraction of sp³-hybridized carbons (Fsp3) is 0.654. The van der Waals surface area contributed by atoms with Gasteiger partial charge in [-0.1, -0.05) is 19.4 Å². The van der Waals surface area contributed by atoms with Crippen LogP contribution in [0.1, 0.15) is 51.0 Å². The highest BCUT2D eigenvalue weighted by Gasteiger charge is 2.44. The first kappa shape index (κ1) is 23.9. The van der Waals surface area contributed by atoms with E-state index in [-0.39, 0.29) is 11.8 Å². The zero-order chi connectivity index (χ0) is 23.9. The molecule has 1 saturated heterocycles. The number of benzene rings is 1. The Morgan fingerprint density at radius 2 is 1.85 bits per heavy atom. The number of nitrogens with zero attached hydrogens (tertiary/aromatic N) is 2. The largest absolute Gasteiger partial charge is 0.416 e. The van der Waals surface area contributed by atoms with E-state index in [4.69, 9.17) is 0 Å². The highest BCUT2D eigenvalue weighted by atomic mass is 32.1. The molecule has 8 heteroatoms. The fourth-order valence-electron chi connectivity index (χ4n) is 5.73. The van der Waals surface area contributed by atoms with Crippen LogP contribution in [0.5, 0.6) is 0 Å². The summed E-state index contributed by atoms with van der Waals surface area (Å²) in [7, 11) is 0. The van der Waals surface area contributed by atoms with Crippen molar-refractivity contribution in [3.63, 3.8) is 0 Å². The van der Waals surface area contributed by atoms with Gasteiger partial charge in [-0.2, -0.15) is 13.2 Å². The van der Waals surface area contributed by atoms with Gasteiger partial charge >= 0.3 is 6.18 Å². The van der Waals surface area contributed by atoms with Gasteiger partial charge in [0.15, 0.2) is 0 Å². The molecule has 1 N–H and O–H groups in total. The van der Waals surface area contributed by atoms with E-state index in [1.807, 2.05) is 5.38 Å². The van der Waals surface area contributed by atoms with Crippen LogP contribution in [0.15, 0.2) is 23.6 Å². The van der Waals surface area contributed by atoms with Gasteiger partial charge in [0.25, 0.3) is 0 Å². The highest BCUT2D eigenvalue weighted by Crippen LogP contribution is 2.41. The van der Waals surface area contributed by atoms with Crippen LogP contribution in [-0.2, 0) is 11.0 Å². The molecule has 1 aliphatic heterocycles. The molecular formula is C26H34F3N3OS. The summed E-state index contributed by atoms with van der Waals surface area (Å²) in [6.07, 6.45) is 2.66. The molecule has 2 aromatic rings. The van der Waals surface area contributed by atoms with E-state index < -0.39 is 11.7 Å². The monoisotopic (exact) mass is 493 g/mol. The Morgan fingerprint density at radius 1 is 1.12 bits per heavy atom. The number of thiophene rings is 1. The minimum absolute atomic E-state index is 0.172. The number of rotatable bonds is 6. The Morgan fingerprint density at radius 3 is 2.53 bits per heavy atom. The lowest BCUT2D eigenvalue weighted by molar-refractivity contribution is -0.137. The number of nitrogens with one attached hydrogen (secondary N) is 1. The molecule has 2 unspecified atom stereocenters. The number of hydrogen-bond acceptors (Lipinski definition) is 4. The van der Waals surface area contributed by atoms with Gasteiger partial charge in [0, 0.05) is 60.1 Å². The second-order valence-corrected chi connectivity index (χ2v) is 11.3. The Balaban J connectivity index is 1.08. The van der Waals surface area contributed by atoms with E-state index in [1.165, 1.54) is 42.7 Å². The maximum atomic E-state index is 13.0. The van der Waals surface area contributed by atoms with E-state index in [1.54, 1.807) is 6.07 Å². The van der Waals surface area contributed by atoms with Crippen LogP contribution in [-0.4, -0.2) is 49.6 Å². The minimum Gasteiger partial charge on any atom is -0.368 e. The second-order valence-electron chi connectivity index (χ2n) is 10.4. The predicted molar refractivity (Wildman–Crippen MR) is 131 cm³/mol. The molecule has 4 nitrogen and oxygen atoms in total. The third-order valence-electron chi connectivity index (χ3n) is 8.12. The number of anilines is 1. The number of piperazine rings is 1. The van der Waals surface area contributed by atoms with E-state index in [0.717, 1.165) is 69.0 Å². The first-order chi connectivity index (χ1) is 16.3.